The Bertz CT molecular complexity index is 1560. The van der Waals surface area contributed by atoms with Gasteiger partial charge in [0.2, 0.25) is 21.8 Å². The Morgan fingerprint density at radius 3 is 2.09 bits per heavy atom. The first-order valence-electron chi connectivity index (χ1n) is 13.1. The van der Waals surface area contributed by atoms with Gasteiger partial charge in [0, 0.05) is 23.5 Å². The highest BCUT2D eigenvalue weighted by Crippen LogP contribution is 2.36. The number of sulfonamides is 1. The van der Waals surface area contributed by atoms with Crippen LogP contribution in [0.4, 0.5) is 18.9 Å². The standard InChI is InChI=1S/C30H32Cl2F3N3O4S/c1-29(2,3)36-28(40)26(16-20-9-6-5-7-10-20)37(18-21-11-8-12-23(31)15-21)27(39)19-38(43(4,41)42)25-17-22(30(33,34)35)13-14-24(25)32/h5-15,17,26H,16,18-19H2,1-4H3,(H,36,40)/t26-/m1/s1. The van der Waals surface area contributed by atoms with Crippen molar-refractivity contribution in [1.29, 1.82) is 0 Å². The van der Waals surface area contributed by atoms with Crippen LogP contribution in [0.25, 0.3) is 0 Å². The first kappa shape index (κ1) is 34.2. The van der Waals surface area contributed by atoms with E-state index >= 15 is 0 Å². The first-order chi connectivity index (χ1) is 19.8. The Morgan fingerprint density at radius 2 is 1.53 bits per heavy atom. The van der Waals surface area contributed by atoms with Gasteiger partial charge in [0.05, 0.1) is 22.5 Å². The zero-order valence-corrected chi connectivity index (χ0v) is 26.3. The summed E-state index contributed by atoms with van der Waals surface area (Å²) in [5.74, 6) is -1.35. The minimum atomic E-state index is -4.79. The van der Waals surface area contributed by atoms with Crippen molar-refractivity contribution in [3.63, 3.8) is 0 Å². The lowest BCUT2D eigenvalue weighted by atomic mass is 10.0. The van der Waals surface area contributed by atoms with E-state index in [9.17, 15) is 31.2 Å². The maximum atomic E-state index is 14.1. The molecule has 0 spiro atoms. The largest absolute Gasteiger partial charge is 0.416 e. The number of nitrogens with one attached hydrogen (secondary N) is 1. The van der Waals surface area contributed by atoms with Gasteiger partial charge in [0.25, 0.3) is 0 Å². The smallest absolute Gasteiger partial charge is 0.350 e. The molecular formula is C30H32Cl2F3N3O4S. The van der Waals surface area contributed by atoms with Crippen LogP contribution in [-0.4, -0.2) is 49.5 Å². The summed E-state index contributed by atoms with van der Waals surface area (Å²) in [6, 6.07) is 16.6. The molecule has 0 unspecified atom stereocenters. The van der Waals surface area contributed by atoms with Gasteiger partial charge in [-0.2, -0.15) is 13.2 Å². The zero-order valence-electron chi connectivity index (χ0n) is 24.0. The van der Waals surface area contributed by atoms with E-state index in [-0.39, 0.29) is 18.0 Å². The van der Waals surface area contributed by atoms with Gasteiger partial charge >= 0.3 is 6.18 Å². The zero-order chi connectivity index (χ0) is 32.2. The number of alkyl halides is 3. The molecule has 13 heteroatoms. The maximum absolute atomic E-state index is 14.1. The second-order valence-electron chi connectivity index (χ2n) is 11.0. The lowest BCUT2D eigenvalue weighted by Crippen LogP contribution is -2.56. The average Bonchev–Trinajstić information content (AvgIpc) is 2.88. The van der Waals surface area contributed by atoms with Gasteiger partial charge in [-0.15, -0.1) is 0 Å². The predicted octanol–water partition coefficient (Wildman–Crippen LogP) is 6.33. The molecule has 0 fully saturated rings. The van der Waals surface area contributed by atoms with Crippen LogP contribution in [0, 0.1) is 0 Å². The summed E-state index contributed by atoms with van der Waals surface area (Å²) in [6.07, 6.45) is -3.97. The number of anilines is 1. The molecule has 0 aliphatic rings. The summed E-state index contributed by atoms with van der Waals surface area (Å²) in [6.45, 7) is 4.24. The molecule has 232 valence electrons. The van der Waals surface area contributed by atoms with E-state index in [4.69, 9.17) is 23.2 Å². The number of rotatable bonds is 10. The summed E-state index contributed by atoms with van der Waals surface area (Å²) in [4.78, 5) is 29.0. The van der Waals surface area contributed by atoms with Gasteiger partial charge in [0.1, 0.15) is 12.6 Å². The summed E-state index contributed by atoms with van der Waals surface area (Å²) in [5, 5.41) is 2.95. The topological polar surface area (TPSA) is 86.8 Å². The molecule has 3 aromatic carbocycles. The van der Waals surface area contributed by atoms with Crippen molar-refractivity contribution in [3.8, 4) is 0 Å². The summed E-state index contributed by atoms with van der Waals surface area (Å²) >= 11 is 12.4. The summed E-state index contributed by atoms with van der Waals surface area (Å²) < 4.78 is 66.9. The number of hydrogen-bond donors (Lipinski definition) is 1. The van der Waals surface area contributed by atoms with Crippen LogP contribution in [-0.2, 0) is 38.8 Å². The van der Waals surface area contributed by atoms with Crippen molar-refractivity contribution in [2.45, 2.75) is 51.5 Å². The van der Waals surface area contributed by atoms with Crippen molar-refractivity contribution >= 4 is 50.7 Å². The quantitative estimate of drug-likeness (QED) is 0.276. The molecule has 43 heavy (non-hydrogen) atoms. The van der Waals surface area contributed by atoms with E-state index in [2.05, 4.69) is 5.32 Å². The fourth-order valence-electron chi connectivity index (χ4n) is 4.31. The van der Waals surface area contributed by atoms with Crippen LogP contribution in [0.5, 0.6) is 0 Å². The van der Waals surface area contributed by atoms with Crippen molar-refractivity contribution < 1.29 is 31.2 Å². The minimum absolute atomic E-state index is 0.0677. The van der Waals surface area contributed by atoms with Gasteiger partial charge in [-0.05, 0) is 62.2 Å². The lowest BCUT2D eigenvalue weighted by molar-refractivity contribution is -0.140. The van der Waals surface area contributed by atoms with Gasteiger partial charge in [-0.25, -0.2) is 8.42 Å². The average molecular weight is 659 g/mol. The Morgan fingerprint density at radius 1 is 0.907 bits per heavy atom. The van der Waals surface area contributed by atoms with Crippen LogP contribution in [0.1, 0.15) is 37.5 Å². The number of amides is 2. The van der Waals surface area contributed by atoms with Crippen molar-refractivity contribution in [3.05, 3.63) is 99.5 Å². The molecule has 1 N–H and O–H groups in total. The Hall–Kier alpha value is -3.28. The molecule has 0 saturated heterocycles. The second-order valence-corrected chi connectivity index (χ2v) is 13.8. The Balaban J connectivity index is 2.14. The molecule has 1 atom stereocenters. The molecule has 0 aromatic heterocycles. The third-order valence-electron chi connectivity index (χ3n) is 6.23. The molecular weight excluding hydrogens is 626 g/mol. The van der Waals surface area contributed by atoms with Gasteiger partial charge in [0.15, 0.2) is 0 Å². The van der Waals surface area contributed by atoms with Crippen LogP contribution in [0.2, 0.25) is 10.0 Å². The highest BCUT2D eigenvalue weighted by molar-refractivity contribution is 7.92. The predicted molar refractivity (Wildman–Crippen MR) is 162 cm³/mol. The summed E-state index contributed by atoms with van der Waals surface area (Å²) in [5.41, 5.74) is -1.07. The fraction of sp³-hybridized carbons (Fsp3) is 0.333. The number of nitrogens with zero attached hydrogens (tertiary/aromatic N) is 2. The number of benzene rings is 3. The molecule has 0 aliphatic carbocycles. The third-order valence-corrected chi connectivity index (χ3v) is 7.91. The van der Waals surface area contributed by atoms with Crippen LogP contribution >= 0.6 is 23.2 Å². The van der Waals surface area contributed by atoms with Crippen molar-refractivity contribution in [2.24, 2.45) is 0 Å². The first-order valence-corrected chi connectivity index (χ1v) is 15.7. The molecule has 2 amide bonds. The summed E-state index contributed by atoms with van der Waals surface area (Å²) in [7, 11) is -4.33. The van der Waals surface area contributed by atoms with Crippen LogP contribution < -0.4 is 9.62 Å². The number of halogens is 5. The van der Waals surface area contributed by atoms with Gasteiger partial charge < -0.3 is 10.2 Å². The van der Waals surface area contributed by atoms with Crippen LogP contribution in [0.3, 0.4) is 0 Å². The minimum Gasteiger partial charge on any atom is -0.350 e. The molecule has 3 aromatic rings. The van der Waals surface area contributed by atoms with Gasteiger partial charge in [-0.3, -0.25) is 13.9 Å². The Labute approximate surface area is 259 Å². The molecule has 0 saturated carbocycles. The number of carbonyl (C=O) groups excluding carboxylic acids is 2. The van der Waals surface area contributed by atoms with Crippen molar-refractivity contribution in [2.75, 3.05) is 17.1 Å². The SMILES string of the molecule is CC(C)(C)NC(=O)[C@@H](Cc1ccccc1)N(Cc1cccc(Cl)c1)C(=O)CN(c1cc(C(F)(F)F)ccc1Cl)S(C)(=O)=O. The Kier molecular flexibility index (Phi) is 10.8. The highest BCUT2D eigenvalue weighted by atomic mass is 35.5. The monoisotopic (exact) mass is 657 g/mol. The van der Waals surface area contributed by atoms with Gasteiger partial charge in [-0.1, -0.05) is 65.7 Å². The molecule has 7 nitrogen and oxygen atoms in total. The highest BCUT2D eigenvalue weighted by Gasteiger charge is 2.36. The van der Waals surface area contributed by atoms with E-state index in [1.165, 1.54) is 4.90 Å². The number of carbonyl (C=O) groups is 2. The van der Waals surface area contributed by atoms with Crippen LogP contribution in [0.15, 0.2) is 72.8 Å². The molecule has 3 rings (SSSR count). The van der Waals surface area contributed by atoms with E-state index in [1.807, 2.05) is 0 Å². The fourth-order valence-corrected chi connectivity index (χ4v) is 5.65. The third kappa shape index (κ3) is 9.87. The van der Waals surface area contributed by atoms with E-state index in [0.717, 1.165) is 17.9 Å². The second kappa shape index (κ2) is 13.6. The van der Waals surface area contributed by atoms with E-state index in [1.54, 1.807) is 75.4 Å². The molecule has 0 radical (unpaired) electrons. The molecule has 0 bridgehead atoms. The van der Waals surface area contributed by atoms with Crippen molar-refractivity contribution in [1.82, 2.24) is 10.2 Å². The van der Waals surface area contributed by atoms with E-state index in [0.29, 0.717) is 27.0 Å². The molecule has 0 aliphatic heterocycles. The lowest BCUT2D eigenvalue weighted by Gasteiger charge is -2.35. The number of hydrogen-bond acceptors (Lipinski definition) is 4. The maximum Gasteiger partial charge on any atom is 0.416 e. The molecule has 0 heterocycles. The van der Waals surface area contributed by atoms with E-state index < -0.39 is 57.4 Å². The normalized spacial score (nSPS) is 12.9.